The summed E-state index contributed by atoms with van der Waals surface area (Å²) < 4.78 is 5.37. The van der Waals surface area contributed by atoms with Gasteiger partial charge in [0.15, 0.2) is 0 Å². The zero-order valence-electron chi connectivity index (χ0n) is 15.1. The molecule has 4 amide bonds. The van der Waals surface area contributed by atoms with Crippen molar-refractivity contribution in [2.45, 2.75) is 13.8 Å². The van der Waals surface area contributed by atoms with Crippen molar-refractivity contribution < 1.29 is 19.1 Å². The Hall–Kier alpha value is -2.83. The molecule has 0 radical (unpaired) electrons. The number of halogens is 2. The minimum atomic E-state index is -0.831. The lowest BCUT2D eigenvalue weighted by Crippen LogP contribution is -2.54. The van der Waals surface area contributed by atoms with Crippen LogP contribution in [0.3, 0.4) is 0 Å². The van der Waals surface area contributed by atoms with Crippen molar-refractivity contribution in [2.75, 3.05) is 11.5 Å². The van der Waals surface area contributed by atoms with Gasteiger partial charge < -0.3 is 4.74 Å². The fourth-order valence-electron chi connectivity index (χ4n) is 2.75. The molecule has 1 aliphatic rings. The van der Waals surface area contributed by atoms with E-state index in [1.165, 1.54) is 12.1 Å². The lowest BCUT2D eigenvalue weighted by molar-refractivity contribution is -0.122. The smallest absolute Gasteiger partial charge is 0.335 e. The van der Waals surface area contributed by atoms with Gasteiger partial charge in [-0.25, -0.2) is 9.69 Å². The highest BCUT2D eigenvalue weighted by Crippen LogP contribution is 2.29. The largest absolute Gasteiger partial charge is 0.492 e. The van der Waals surface area contributed by atoms with E-state index in [2.05, 4.69) is 5.32 Å². The molecular formula is C20H16Cl2N2O4. The van der Waals surface area contributed by atoms with Gasteiger partial charge in [-0.1, -0.05) is 35.3 Å². The average molecular weight is 419 g/mol. The fraction of sp³-hybridized carbons (Fsp3) is 0.150. The number of nitrogens with zero attached hydrogens (tertiary/aromatic N) is 1. The molecule has 6 nitrogen and oxygen atoms in total. The number of carbonyl (C=O) groups excluding carboxylic acids is 3. The summed E-state index contributed by atoms with van der Waals surface area (Å²) in [6.07, 6.45) is 1.37. The monoisotopic (exact) mass is 418 g/mol. The first-order chi connectivity index (χ1) is 13.3. The molecule has 0 unspecified atom stereocenters. The van der Waals surface area contributed by atoms with Crippen LogP contribution in [0.25, 0.3) is 6.08 Å². The van der Waals surface area contributed by atoms with Gasteiger partial charge in [0.1, 0.15) is 11.3 Å². The molecule has 0 spiro atoms. The summed E-state index contributed by atoms with van der Waals surface area (Å²) in [7, 11) is 0. The van der Waals surface area contributed by atoms with E-state index in [4.69, 9.17) is 27.9 Å². The highest BCUT2D eigenvalue weighted by molar-refractivity contribution is 6.40. The number of nitrogens with one attached hydrogen (secondary N) is 1. The molecule has 8 heteroatoms. The third-order valence-corrected chi connectivity index (χ3v) is 4.61. The number of anilines is 1. The fourth-order valence-corrected chi connectivity index (χ4v) is 3.16. The predicted octanol–water partition coefficient (Wildman–Crippen LogP) is 4.37. The highest BCUT2D eigenvalue weighted by atomic mass is 35.5. The molecule has 0 saturated carbocycles. The molecule has 1 saturated heterocycles. The van der Waals surface area contributed by atoms with Gasteiger partial charge in [-0.05, 0) is 55.3 Å². The molecule has 28 heavy (non-hydrogen) atoms. The van der Waals surface area contributed by atoms with Gasteiger partial charge in [-0.2, -0.15) is 0 Å². The van der Waals surface area contributed by atoms with Crippen molar-refractivity contribution in [3.05, 3.63) is 63.1 Å². The standard InChI is InChI=1S/C20H16Cl2N2O4/c1-3-28-17-7-5-12(9-15(17)22)8-14-18(25)23-20(27)24(19(14)26)16-10-13(21)6-4-11(16)2/h4-10H,3H2,1-2H3,(H,23,25,27)/b14-8+. The summed E-state index contributed by atoms with van der Waals surface area (Å²) in [5.41, 5.74) is 1.28. The van der Waals surface area contributed by atoms with Crippen LogP contribution in [0.4, 0.5) is 10.5 Å². The number of hydrogen-bond donors (Lipinski definition) is 1. The summed E-state index contributed by atoms with van der Waals surface area (Å²) in [6, 6.07) is 8.88. The summed E-state index contributed by atoms with van der Waals surface area (Å²) in [6.45, 7) is 4.02. The van der Waals surface area contributed by atoms with Crippen LogP contribution in [0.5, 0.6) is 5.75 Å². The first kappa shape index (κ1) is 19.9. The summed E-state index contributed by atoms with van der Waals surface area (Å²) in [4.78, 5) is 38.4. The Morgan fingerprint density at radius 3 is 2.54 bits per heavy atom. The number of imide groups is 2. The van der Waals surface area contributed by atoms with E-state index in [1.807, 2.05) is 6.92 Å². The number of aryl methyl sites for hydroxylation is 1. The van der Waals surface area contributed by atoms with E-state index in [9.17, 15) is 14.4 Å². The van der Waals surface area contributed by atoms with Gasteiger partial charge in [0.05, 0.1) is 17.3 Å². The van der Waals surface area contributed by atoms with Gasteiger partial charge >= 0.3 is 6.03 Å². The van der Waals surface area contributed by atoms with Crippen LogP contribution in [0.1, 0.15) is 18.1 Å². The molecule has 0 aromatic heterocycles. The Labute approximate surface area is 171 Å². The van der Waals surface area contributed by atoms with Gasteiger partial charge in [0, 0.05) is 5.02 Å². The molecule has 1 fully saturated rings. The summed E-state index contributed by atoms with van der Waals surface area (Å²) >= 11 is 12.2. The van der Waals surface area contributed by atoms with Gasteiger partial charge in [0.2, 0.25) is 0 Å². The maximum absolute atomic E-state index is 12.9. The second-order valence-electron chi connectivity index (χ2n) is 6.01. The van der Waals surface area contributed by atoms with Crippen LogP contribution in [-0.2, 0) is 9.59 Å². The van der Waals surface area contributed by atoms with Crippen LogP contribution >= 0.6 is 23.2 Å². The Bertz CT molecular complexity index is 1020. The zero-order chi connectivity index (χ0) is 20.4. The van der Waals surface area contributed by atoms with Crippen LogP contribution in [0, 0.1) is 6.92 Å². The van der Waals surface area contributed by atoms with Crippen molar-refractivity contribution in [2.24, 2.45) is 0 Å². The van der Waals surface area contributed by atoms with Crippen molar-refractivity contribution >= 4 is 52.8 Å². The van der Waals surface area contributed by atoms with E-state index < -0.39 is 17.8 Å². The number of urea groups is 1. The molecule has 1 N–H and O–H groups in total. The van der Waals surface area contributed by atoms with Crippen LogP contribution < -0.4 is 15.0 Å². The number of carbonyl (C=O) groups is 3. The number of barbiturate groups is 1. The number of ether oxygens (including phenoxy) is 1. The van der Waals surface area contributed by atoms with Crippen molar-refractivity contribution in [1.29, 1.82) is 0 Å². The number of rotatable bonds is 4. The lowest BCUT2D eigenvalue weighted by atomic mass is 10.1. The first-order valence-electron chi connectivity index (χ1n) is 8.41. The Kier molecular flexibility index (Phi) is 5.72. The molecular weight excluding hydrogens is 403 g/mol. The molecule has 0 atom stereocenters. The zero-order valence-corrected chi connectivity index (χ0v) is 16.6. The molecule has 3 rings (SSSR count). The molecule has 144 valence electrons. The van der Waals surface area contributed by atoms with E-state index in [0.717, 1.165) is 4.90 Å². The number of amides is 4. The van der Waals surface area contributed by atoms with Crippen molar-refractivity contribution in [3.8, 4) is 5.75 Å². The minimum Gasteiger partial charge on any atom is -0.492 e. The second-order valence-corrected chi connectivity index (χ2v) is 6.86. The average Bonchev–Trinajstić information content (AvgIpc) is 2.63. The van der Waals surface area contributed by atoms with Crippen LogP contribution in [0.15, 0.2) is 42.0 Å². The second kappa shape index (κ2) is 8.04. The molecule has 0 bridgehead atoms. The number of hydrogen-bond acceptors (Lipinski definition) is 4. The molecule has 0 aliphatic carbocycles. The molecule has 1 heterocycles. The maximum Gasteiger partial charge on any atom is 0.335 e. The van der Waals surface area contributed by atoms with Gasteiger partial charge in [-0.3, -0.25) is 14.9 Å². The Morgan fingerprint density at radius 1 is 1.11 bits per heavy atom. The molecule has 2 aromatic rings. The quantitative estimate of drug-likeness (QED) is 0.590. The van der Waals surface area contributed by atoms with Crippen molar-refractivity contribution in [1.82, 2.24) is 5.32 Å². The third kappa shape index (κ3) is 3.88. The highest BCUT2D eigenvalue weighted by Gasteiger charge is 2.37. The van der Waals surface area contributed by atoms with Gasteiger partial charge in [-0.15, -0.1) is 0 Å². The third-order valence-electron chi connectivity index (χ3n) is 4.08. The SMILES string of the molecule is CCOc1ccc(/C=C2\C(=O)NC(=O)N(c3cc(Cl)ccc3C)C2=O)cc1Cl. The van der Waals surface area contributed by atoms with Crippen LogP contribution in [-0.4, -0.2) is 24.5 Å². The number of benzene rings is 2. The van der Waals surface area contributed by atoms with E-state index in [1.54, 1.807) is 37.3 Å². The van der Waals surface area contributed by atoms with E-state index in [0.29, 0.717) is 39.2 Å². The van der Waals surface area contributed by atoms with Crippen LogP contribution in [0.2, 0.25) is 10.0 Å². The van der Waals surface area contributed by atoms with E-state index in [-0.39, 0.29) is 5.57 Å². The summed E-state index contributed by atoms with van der Waals surface area (Å²) in [5, 5.41) is 2.89. The Morgan fingerprint density at radius 2 is 1.86 bits per heavy atom. The maximum atomic E-state index is 12.9. The topological polar surface area (TPSA) is 75.7 Å². The van der Waals surface area contributed by atoms with E-state index >= 15 is 0 Å². The molecule has 2 aromatic carbocycles. The summed E-state index contributed by atoms with van der Waals surface area (Å²) in [5.74, 6) is -1.03. The lowest BCUT2D eigenvalue weighted by Gasteiger charge is -2.27. The molecule has 1 aliphatic heterocycles. The minimum absolute atomic E-state index is 0.195. The first-order valence-corrected chi connectivity index (χ1v) is 9.17. The normalized spacial score (nSPS) is 15.8. The van der Waals surface area contributed by atoms with Gasteiger partial charge in [0.25, 0.3) is 11.8 Å². The predicted molar refractivity (Wildman–Crippen MR) is 108 cm³/mol. The van der Waals surface area contributed by atoms with Crippen molar-refractivity contribution in [3.63, 3.8) is 0 Å². The Balaban J connectivity index is 2.01.